The summed E-state index contributed by atoms with van der Waals surface area (Å²) in [6.07, 6.45) is -4.28. The van der Waals surface area contributed by atoms with Gasteiger partial charge in [0.15, 0.2) is 47.4 Å². The number of methoxy groups -OCH3 is 1. The summed E-state index contributed by atoms with van der Waals surface area (Å²) < 4.78 is 23.0. The van der Waals surface area contributed by atoms with Crippen LogP contribution in [0.2, 0.25) is 0 Å². The number of rotatable bonds is 4. The van der Waals surface area contributed by atoms with E-state index in [-0.39, 0.29) is 40.9 Å². The number of carbonyl (C=O) groups excluding carboxylic acids is 1. The van der Waals surface area contributed by atoms with Crippen LogP contribution < -0.4 is 18.9 Å². The lowest BCUT2D eigenvalue weighted by atomic mass is 9.92. The number of Topliss-reactive ketones (excluding diaryl/α,β-unsaturated/α-hetero) is 1. The number of ether oxygens (including phenoxy) is 4. The summed E-state index contributed by atoms with van der Waals surface area (Å²) in [7, 11) is 1.41. The van der Waals surface area contributed by atoms with Crippen molar-refractivity contribution in [3.8, 4) is 40.2 Å². The van der Waals surface area contributed by atoms with E-state index >= 15 is 0 Å². The van der Waals surface area contributed by atoms with Crippen molar-refractivity contribution in [1.82, 2.24) is 0 Å². The molecule has 0 amide bonds. The molecule has 0 saturated carbocycles. The zero-order chi connectivity index (χ0) is 24.9. The molecule has 0 spiro atoms. The largest absolute Gasteiger partial charge is 0.508 e. The zero-order valence-electron chi connectivity index (χ0n) is 18.4. The molecule has 0 fully saturated rings. The van der Waals surface area contributed by atoms with Crippen molar-refractivity contribution in [2.24, 2.45) is 0 Å². The van der Waals surface area contributed by atoms with E-state index in [1.165, 1.54) is 19.2 Å². The van der Waals surface area contributed by atoms with Crippen LogP contribution in [0, 0.1) is 0 Å². The van der Waals surface area contributed by atoms with E-state index in [0.717, 1.165) is 6.07 Å². The molecule has 0 saturated heterocycles. The lowest BCUT2D eigenvalue weighted by molar-refractivity contribution is -0.0130. The third-order valence-electron chi connectivity index (χ3n) is 6.00. The van der Waals surface area contributed by atoms with Gasteiger partial charge < -0.3 is 44.5 Å². The number of aromatic hydroxyl groups is 3. The second kappa shape index (κ2) is 8.57. The Bertz CT molecular complexity index is 1300. The minimum atomic E-state index is -1.62. The SMILES string of the molecule is COc1cc(C2Oc3cc([C@H]4Oc5cc(O)cc(O)c5C(=O)[C@H]4O)ccc3OC2CO)ccc1O. The molecule has 5 rings (SSSR count). The maximum Gasteiger partial charge on any atom is 0.202 e. The van der Waals surface area contributed by atoms with Crippen LogP contribution in [0.3, 0.4) is 0 Å². The molecule has 2 unspecified atom stereocenters. The first-order valence-corrected chi connectivity index (χ1v) is 10.7. The van der Waals surface area contributed by atoms with Crippen LogP contribution in [0.5, 0.6) is 40.2 Å². The van der Waals surface area contributed by atoms with Gasteiger partial charge in [-0.3, -0.25) is 4.79 Å². The smallest absolute Gasteiger partial charge is 0.202 e. The average Bonchev–Trinajstić information content (AvgIpc) is 2.85. The van der Waals surface area contributed by atoms with Crippen molar-refractivity contribution in [3.63, 3.8) is 0 Å². The molecular weight excluding hydrogens is 460 g/mol. The van der Waals surface area contributed by atoms with E-state index < -0.39 is 35.9 Å². The third kappa shape index (κ3) is 3.82. The average molecular weight is 482 g/mol. The van der Waals surface area contributed by atoms with Gasteiger partial charge in [0.1, 0.15) is 22.8 Å². The summed E-state index contributed by atoms with van der Waals surface area (Å²) in [5.74, 6) is -0.823. The van der Waals surface area contributed by atoms with E-state index in [9.17, 15) is 30.3 Å². The third-order valence-corrected chi connectivity index (χ3v) is 6.00. The predicted molar refractivity (Wildman–Crippen MR) is 119 cm³/mol. The molecule has 0 aromatic heterocycles. The van der Waals surface area contributed by atoms with Gasteiger partial charge in [-0.05, 0) is 29.8 Å². The number of ketones is 1. The van der Waals surface area contributed by atoms with Crippen LogP contribution in [0.15, 0.2) is 48.5 Å². The molecule has 2 aliphatic rings. The standard InChI is InChI=1S/C25H22O10/c1-32-17-6-11(2-4-14(17)28)24-20(10-26)33-16-5-3-12(7-18(16)34-24)25-23(31)22(30)21-15(29)8-13(27)9-19(21)35-25/h2-9,20,23-29,31H,10H2,1H3/t20?,23-,24?,25-/m1/s1. The van der Waals surface area contributed by atoms with Crippen molar-refractivity contribution < 1.29 is 49.3 Å². The number of phenolic OH excluding ortho intramolecular Hbond substituents is 3. The summed E-state index contributed by atoms with van der Waals surface area (Å²) >= 11 is 0. The minimum absolute atomic E-state index is 0.0540. The Morgan fingerprint density at radius 1 is 0.829 bits per heavy atom. The molecule has 5 N–H and O–H groups in total. The minimum Gasteiger partial charge on any atom is -0.508 e. The Morgan fingerprint density at radius 2 is 1.54 bits per heavy atom. The molecule has 2 aliphatic heterocycles. The summed E-state index contributed by atoms with van der Waals surface area (Å²) in [4.78, 5) is 12.7. The van der Waals surface area contributed by atoms with Crippen LogP contribution >= 0.6 is 0 Å². The Kier molecular flexibility index (Phi) is 5.54. The number of hydrogen-bond acceptors (Lipinski definition) is 10. The Morgan fingerprint density at radius 3 is 2.29 bits per heavy atom. The lowest BCUT2D eigenvalue weighted by Gasteiger charge is -2.35. The van der Waals surface area contributed by atoms with Gasteiger partial charge in [0, 0.05) is 17.7 Å². The van der Waals surface area contributed by atoms with Crippen LogP contribution in [-0.4, -0.2) is 57.2 Å². The molecule has 0 bridgehead atoms. The van der Waals surface area contributed by atoms with Crippen molar-refractivity contribution in [1.29, 1.82) is 0 Å². The monoisotopic (exact) mass is 482 g/mol. The lowest BCUT2D eigenvalue weighted by Crippen LogP contribution is -2.37. The van der Waals surface area contributed by atoms with Crippen molar-refractivity contribution in [2.75, 3.05) is 13.7 Å². The second-order valence-electron chi connectivity index (χ2n) is 8.20. The van der Waals surface area contributed by atoms with Gasteiger partial charge in [0.2, 0.25) is 5.78 Å². The fourth-order valence-electron chi connectivity index (χ4n) is 4.28. The van der Waals surface area contributed by atoms with Crippen molar-refractivity contribution in [3.05, 3.63) is 65.2 Å². The first kappa shape index (κ1) is 22.6. The van der Waals surface area contributed by atoms with Gasteiger partial charge in [-0.25, -0.2) is 0 Å². The number of hydrogen-bond donors (Lipinski definition) is 5. The van der Waals surface area contributed by atoms with Gasteiger partial charge in [-0.1, -0.05) is 12.1 Å². The summed E-state index contributed by atoms with van der Waals surface area (Å²) in [5, 5.41) is 50.2. The summed E-state index contributed by atoms with van der Waals surface area (Å²) in [6.45, 7) is -0.349. The number of carbonyl (C=O) groups is 1. The van der Waals surface area contributed by atoms with E-state index in [2.05, 4.69) is 0 Å². The first-order valence-electron chi connectivity index (χ1n) is 10.7. The molecular formula is C25H22O10. The highest BCUT2D eigenvalue weighted by atomic mass is 16.6. The van der Waals surface area contributed by atoms with Crippen molar-refractivity contribution in [2.45, 2.75) is 24.4 Å². The maximum absolute atomic E-state index is 12.7. The van der Waals surface area contributed by atoms with Crippen molar-refractivity contribution >= 4 is 5.78 Å². The molecule has 3 aromatic carbocycles. The summed E-state index contributed by atoms with van der Waals surface area (Å²) in [5.41, 5.74) is 0.751. The molecule has 182 valence electrons. The van der Waals surface area contributed by atoms with E-state index in [0.29, 0.717) is 16.9 Å². The van der Waals surface area contributed by atoms with Gasteiger partial charge in [-0.2, -0.15) is 0 Å². The Hall–Kier alpha value is -4.15. The van der Waals surface area contributed by atoms with Gasteiger partial charge >= 0.3 is 0 Å². The molecule has 2 heterocycles. The molecule has 4 atom stereocenters. The summed E-state index contributed by atoms with van der Waals surface area (Å²) in [6, 6.07) is 11.5. The Balaban J connectivity index is 1.49. The zero-order valence-corrected chi connectivity index (χ0v) is 18.4. The number of aliphatic hydroxyl groups excluding tert-OH is 2. The number of phenols is 3. The van der Waals surface area contributed by atoms with Crippen LogP contribution in [-0.2, 0) is 0 Å². The number of benzene rings is 3. The van der Waals surface area contributed by atoms with Crippen LogP contribution in [0.1, 0.15) is 33.7 Å². The van der Waals surface area contributed by atoms with E-state index in [4.69, 9.17) is 18.9 Å². The highest BCUT2D eigenvalue weighted by Gasteiger charge is 2.40. The van der Waals surface area contributed by atoms with Gasteiger partial charge in [0.25, 0.3) is 0 Å². The molecule has 3 aromatic rings. The molecule has 0 aliphatic carbocycles. The van der Waals surface area contributed by atoms with Gasteiger partial charge in [0.05, 0.1) is 13.7 Å². The van der Waals surface area contributed by atoms with Crippen LogP contribution in [0.4, 0.5) is 0 Å². The van der Waals surface area contributed by atoms with Crippen LogP contribution in [0.25, 0.3) is 0 Å². The van der Waals surface area contributed by atoms with Gasteiger partial charge in [-0.15, -0.1) is 0 Å². The quantitative estimate of drug-likeness (QED) is 0.374. The number of fused-ring (bicyclic) bond motifs is 2. The molecule has 0 radical (unpaired) electrons. The molecule has 35 heavy (non-hydrogen) atoms. The normalized spacial score (nSPS) is 22.8. The van der Waals surface area contributed by atoms with E-state index in [1.807, 2.05) is 0 Å². The fraction of sp³-hybridized carbons (Fsp3) is 0.240. The number of aliphatic hydroxyl groups is 2. The molecule has 10 heteroatoms. The maximum atomic E-state index is 12.7. The topological polar surface area (TPSA) is 155 Å². The second-order valence-corrected chi connectivity index (χ2v) is 8.20. The fourth-order valence-corrected chi connectivity index (χ4v) is 4.28. The van der Waals surface area contributed by atoms with E-state index in [1.54, 1.807) is 30.3 Å². The highest BCUT2D eigenvalue weighted by molar-refractivity contribution is 6.05. The highest BCUT2D eigenvalue weighted by Crippen LogP contribution is 2.45. The molecule has 10 nitrogen and oxygen atoms in total. The first-order chi connectivity index (χ1) is 16.8. The predicted octanol–water partition coefficient (Wildman–Crippen LogP) is 2.36. The Labute approximate surface area is 199 Å².